The zero-order valence-electron chi connectivity index (χ0n) is 9.31. The molecule has 84 valence electrons. The summed E-state index contributed by atoms with van der Waals surface area (Å²) in [4.78, 5) is 8.62. The zero-order valence-corrected chi connectivity index (χ0v) is 9.31. The van der Waals surface area contributed by atoms with Crippen molar-refractivity contribution in [2.24, 2.45) is 0 Å². The normalized spacial score (nSPS) is 10.8. The number of para-hydroxylation sites is 1. The Kier molecular flexibility index (Phi) is 3.80. The minimum absolute atomic E-state index is 0.719. The van der Waals surface area contributed by atoms with Gasteiger partial charge in [-0.25, -0.2) is 0 Å². The second-order valence-corrected chi connectivity index (χ2v) is 3.51. The zero-order chi connectivity index (χ0) is 11.2. The molecule has 1 aromatic carbocycles. The monoisotopic (exact) mass is 217 g/mol. The van der Waals surface area contributed by atoms with E-state index in [0.29, 0.717) is 0 Å². The van der Waals surface area contributed by atoms with Gasteiger partial charge in [0.1, 0.15) is 0 Å². The topological polar surface area (TPSA) is 47.0 Å². The van der Waals surface area contributed by atoms with Gasteiger partial charge in [-0.2, -0.15) is 0 Å². The molecule has 0 saturated heterocycles. The summed E-state index contributed by atoms with van der Waals surface area (Å²) in [6, 6.07) is 6.04. The van der Waals surface area contributed by atoms with E-state index >= 15 is 0 Å². The van der Waals surface area contributed by atoms with Gasteiger partial charge in [0, 0.05) is 32.6 Å². The van der Waals surface area contributed by atoms with Crippen LogP contribution in [-0.2, 0) is 11.3 Å². The molecule has 0 unspecified atom stereocenters. The summed E-state index contributed by atoms with van der Waals surface area (Å²) in [5.41, 5.74) is 3.07. The Labute approximate surface area is 94.7 Å². The molecule has 0 fully saturated rings. The molecule has 0 spiro atoms. The number of nitrogens with one attached hydrogen (secondary N) is 1. The Morgan fingerprint density at radius 1 is 1.25 bits per heavy atom. The molecule has 0 saturated carbocycles. The van der Waals surface area contributed by atoms with Crippen molar-refractivity contribution in [1.29, 1.82) is 0 Å². The Morgan fingerprint density at radius 2 is 2.12 bits per heavy atom. The van der Waals surface area contributed by atoms with Crippen molar-refractivity contribution < 1.29 is 4.74 Å². The molecule has 0 bridgehead atoms. The van der Waals surface area contributed by atoms with Gasteiger partial charge >= 0.3 is 0 Å². The summed E-state index contributed by atoms with van der Waals surface area (Å²) >= 11 is 0. The number of methoxy groups -OCH3 is 1. The average molecular weight is 217 g/mol. The van der Waals surface area contributed by atoms with E-state index < -0.39 is 0 Å². The lowest BCUT2D eigenvalue weighted by molar-refractivity contribution is 0.199. The van der Waals surface area contributed by atoms with Crippen LogP contribution in [-0.4, -0.2) is 30.2 Å². The number of benzene rings is 1. The summed E-state index contributed by atoms with van der Waals surface area (Å²) < 4.78 is 4.98. The highest BCUT2D eigenvalue weighted by Gasteiger charge is 2.01. The quantitative estimate of drug-likeness (QED) is 0.768. The minimum Gasteiger partial charge on any atom is -0.383 e. The van der Waals surface area contributed by atoms with E-state index in [0.717, 1.165) is 30.7 Å². The Bertz CT molecular complexity index is 453. The second-order valence-electron chi connectivity index (χ2n) is 3.51. The van der Waals surface area contributed by atoms with Crippen LogP contribution < -0.4 is 5.32 Å². The van der Waals surface area contributed by atoms with Crippen molar-refractivity contribution in [1.82, 2.24) is 15.3 Å². The lowest BCUT2D eigenvalue weighted by Gasteiger charge is -2.06. The molecule has 1 aromatic heterocycles. The molecule has 1 heterocycles. The molecule has 4 heteroatoms. The summed E-state index contributed by atoms with van der Waals surface area (Å²) in [7, 11) is 1.70. The lowest BCUT2D eigenvalue weighted by Crippen LogP contribution is -2.18. The van der Waals surface area contributed by atoms with E-state index in [2.05, 4.69) is 21.4 Å². The standard InChI is InChI=1S/C12H15N3O/c1-16-8-7-13-9-10-3-2-4-11-12(10)15-6-5-14-11/h2-6,13H,7-9H2,1H3. The first-order valence-corrected chi connectivity index (χ1v) is 5.30. The van der Waals surface area contributed by atoms with Gasteiger partial charge < -0.3 is 10.1 Å². The number of rotatable bonds is 5. The van der Waals surface area contributed by atoms with Crippen LogP contribution >= 0.6 is 0 Å². The second kappa shape index (κ2) is 5.53. The van der Waals surface area contributed by atoms with Crippen LogP contribution in [0.3, 0.4) is 0 Å². The molecule has 16 heavy (non-hydrogen) atoms. The van der Waals surface area contributed by atoms with E-state index in [-0.39, 0.29) is 0 Å². The largest absolute Gasteiger partial charge is 0.383 e. The third kappa shape index (κ3) is 2.53. The SMILES string of the molecule is COCCNCc1cccc2nccnc12. The third-order valence-corrected chi connectivity index (χ3v) is 2.38. The van der Waals surface area contributed by atoms with Crippen LogP contribution in [0.1, 0.15) is 5.56 Å². The first kappa shape index (κ1) is 11.0. The van der Waals surface area contributed by atoms with Crippen molar-refractivity contribution in [3.63, 3.8) is 0 Å². The highest BCUT2D eigenvalue weighted by molar-refractivity contribution is 5.77. The Morgan fingerprint density at radius 3 is 3.00 bits per heavy atom. The van der Waals surface area contributed by atoms with Gasteiger partial charge in [0.25, 0.3) is 0 Å². The summed E-state index contributed by atoms with van der Waals surface area (Å²) in [6.45, 7) is 2.35. The number of ether oxygens (including phenoxy) is 1. The van der Waals surface area contributed by atoms with Gasteiger partial charge in [-0.3, -0.25) is 9.97 Å². The van der Waals surface area contributed by atoms with Crippen molar-refractivity contribution >= 4 is 11.0 Å². The number of hydrogen-bond acceptors (Lipinski definition) is 4. The summed E-state index contributed by atoms with van der Waals surface area (Å²) in [6.07, 6.45) is 3.44. The smallest absolute Gasteiger partial charge is 0.0931 e. The van der Waals surface area contributed by atoms with E-state index in [1.54, 1.807) is 19.5 Å². The molecule has 1 N–H and O–H groups in total. The van der Waals surface area contributed by atoms with Gasteiger partial charge in [0.15, 0.2) is 0 Å². The molecule has 0 amide bonds. The Balaban J connectivity index is 2.11. The molecule has 0 aliphatic rings. The van der Waals surface area contributed by atoms with Crippen molar-refractivity contribution in [3.05, 3.63) is 36.2 Å². The molecule has 0 aliphatic carbocycles. The molecule has 0 aliphatic heterocycles. The summed E-state index contributed by atoms with van der Waals surface area (Å²) in [5, 5.41) is 3.30. The number of fused-ring (bicyclic) bond motifs is 1. The van der Waals surface area contributed by atoms with Crippen LogP contribution in [0.5, 0.6) is 0 Å². The fourth-order valence-electron chi connectivity index (χ4n) is 1.59. The lowest BCUT2D eigenvalue weighted by atomic mass is 10.2. The van der Waals surface area contributed by atoms with Crippen LogP contribution in [0.25, 0.3) is 11.0 Å². The molecule has 2 rings (SSSR count). The Hall–Kier alpha value is -1.52. The van der Waals surface area contributed by atoms with Gasteiger partial charge in [-0.05, 0) is 11.6 Å². The van der Waals surface area contributed by atoms with Crippen molar-refractivity contribution in [3.8, 4) is 0 Å². The van der Waals surface area contributed by atoms with Crippen LogP contribution in [0.15, 0.2) is 30.6 Å². The van der Waals surface area contributed by atoms with Gasteiger partial charge in [0.05, 0.1) is 17.6 Å². The van der Waals surface area contributed by atoms with Crippen LogP contribution in [0.4, 0.5) is 0 Å². The number of aromatic nitrogens is 2. The fraction of sp³-hybridized carbons (Fsp3) is 0.333. The maximum Gasteiger partial charge on any atom is 0.0931 e. The first-order valence-electron chi connectivity index (χ1n) is 5.30. The molecule has 0 radical (unpaired) electrons. The molecule has 0 atom stereocenters. The van der Waals surface area contributed by atoms with E-state index in [4.69, 9.17) is 4.74 Å². The van der Waals surface area contributed by atoms with Crippen LogP contribution in [0.2, 0.25) is 0 Å². The summed E-state index contributed by atoms with van der Waals surface area (Å²) in [5.74, 6) is 0. The highest BCUT2D eigenvalue weighted by atomic mass is 16.5. The average Bonchev–Trinajstić information content (AvgIpc) is 2.35. The van der Waals surface area contributed by atoms with E-state index in [1.165, 1.54) is 5.56 Å². The highest BCUT2D eigenvalue weighted by Crippen LogP contribution is 2.13. The van der Waals surface area contributed by atoms with Crippen molar-refractivity contribution in [2.75, 3.05) is 20.3 Å². The molecule has 4 nitrogen and oxygen atoms in total. The number of nitrogens with zero attached hydrogens (tertiary/aromatic N) is 2. The minimum atomic E-state index is 0.719. The maximum absolute atomic E-state index is 4.98. The number of hydrogen-bond donors (Lipinski definition) is 1. The van der Waals surface area contributed by atoms with Gasteiger partial charge in [-0.15, -0.1) is 0 Å². The maximum atomic E-state index is 4.98. The first-order chi connectivity index (χ1) is 7.92. The van der Waals surface area contributed by atoms with Crippen molar-refractivity contribution in [2.45, 2.75) is 6.54 Å². The molecular formula is C12H15N3O. The molecular weight excluding hydrogens is 202 g/mol. The van der Waals surface area contributed by atoms with E-state index in [9.17, 15) is 0 Å². The van der Waals surface area contributed by atoms with Gasteiger partial charge in [-0.1, -0.05) is 12.1 Å². The predicted octanol–water partition coefficient (Wildman–Crippen LogP) is 1.37. The predicted molar refractivity (Wildman–Crippen MR) is 63.1 cm³/mol. The fourth-order valence-corrected chi connectivity index (χ4v) is 1.59. The third-order valence-electron chi connectivity index (χ3n) is 2.38. The molecule has 2 aromatic rings. The van der Waals surface area contributed by atoms with Gasteiger partial charge in [0.2, 0.25) is 0 Å². The van der Waals surface area contributed by atoms with Crippen LogP contribution in [0, 0.1) is 0 Å². The van der Waals surface area contributed by atoms with E-state index in [1.807, 2.05) is 12.1 Å².